The fraction of sp³-hybridized carbons (Fsp3) is 0.316. The molecule has 6 heteroatoms. The highest BCUT2D eigenvalue weighted by Gasteiger charge is 2.28. The van der Waals surface area contributed by atoms with Crippen molar-refractivity contribution in [1.29, 1.82) is 0 Å². The van der Waals surface area contributed by atoms with Gasteiger partial charge in [0, 0.05) is 6.20 Å². The van der Waals surface area contributed by atoms with Gasteiger partial charge in [-0.1, -0.05) is 32.9 Å². The van der Waals surface area contributed by atoms with Crippen molar-refractivity contribution >= 4 is 12.1 Å². The van der Waals surface area contributed by atoms with Gasteiger partial charge < -0.3 is 9.47 Å². The van der Waals surface area contributed by atoms with Crippen molar-refractivity contribution in [2.75, 3.05) is 6.61 Å². The van der Waals surface area contributed by atoms with Crippen molar-refractivity contribution in [3.63, 3.8) is 0 Å². The lowest BCUT2D eigenvalue weighted by Crippen LogP contribution is -2.42. The van der Waals surface area contributed by atoms with Crippen LogP contribution >= 0.6 is 0 Å². The van der Waals surface area contributed by atoms with Crippen molar-refractivity contribution < 1.29 is 14.3 Å². The fourth-order valence-electron chi connectivity index (χ4n) is 2.35. The van der Waals surface area contributed by atoms with Gasteiger partial charge in [0.05, 0.1) is 11.9 Å². The maximum atomic E-state index is 12.2. The standard InChI is InChI=1S/C19H21N3O3/c1-19(2,3)13-7-8-15-16(10-13)25-17(12-24-15)18(23)22-21-11-14-6-4-5-9-20-14/h4-11,17H,12H2,1-3H3,(H,22,23)/t17-/m0/s1. The SMILES string of the molecule is CC(C)(C)c1ccc2c(c1)O[C@H](C(=O)NN=Cc1ccccn1)CO2. The van der Waals surface area contributed by atoms with E-state index in [1.165, 1.54) is 6.21 Å². The lowest BCUT2D eigenvalue weighted by molar-refractivity contribution is -0.130. The molecule has 1 N–H and O–H groups in total. The smallest absolute Gasteiger partial charge is 0.284 e. The lowest BCUT2D eigenvalue weighted by Gasteiger charge is -2.27. The van der Waals surface area contributed by atoms with E-state index >= 15 is 0 Å². The Morgan fingerprint density at radius 2 is 2.12 bits per heavy atom. The van der Waals surface area contributed by atoms with Gasteiger partial charge in [-0.05, 0) is 35.2 Å². The molecule has 1 aromatic heterocycles. The summed E-state index contributed by atoms with van der Waals surface area (Å²) in [6, 6.07) is 11.3. The summed E-state index contributed by atoms with van der Waals surface area (Å²) in [6.45, 7) is 6.51. The first-order valence-corrected chi connectivity index (χ1v) is 8.11. The second-order valence-electron chi connectivity index (χ2n) is 6.82. The van der Waals surface area contributed by atoms with Crippen LogP contribution in [0.4, 0.5) is 0 Å². The Morgan fingerprint density at radius 1 is 1.28 bits per heavy atom. The van der Waals surface area contributed by atoms with Gasteiger partial charge in [-0.15, -0.1) is 0 Å². The number of rotatable bonds is 3. The lowest BCUT2D eigenvalue weighted by atomic mass is 9.87. The van der Waals surface area contributed by atoms with E-state index in [1.54, 1.807) is 12.3 Å². The van der Waals surface area contributed by atoms with Crippen LogP contribution in [0.15, 0.2) is 47.7 Å². The number of hydrazone groups is 1. The molecular weight excluding hydrogens is 318 g/mol. The van der Waals surface area contributed by atoms with Crippen LogP contribution in [0.25, 0.3) is 0 Å². The molecule has 1 aliphatic heterocycles. The number of amides is 1. The first-order valence-electron chi connectivity index (χ1n) is 8.11. The monoisotopic (exact) mass is 339 g/mol. The third-order valence-corrected chi connectivity index (χ3v) is 3.82. The van der Waals surface area contributed by atoms with Crippen LogP contribution in [0.5, 0.6) is 11.5 Å². The highest BCUT2D eigenvalue weighted by atomic mass is 16.6. The van der Waals surface area contributed by atoms with Crippen molar-refractivity contribution in [2.45, 2.75) is 32.3 Å². The molecule has 0 fully saturated rings. The zero-order valence-electron chi connectivity index (χ0n) is 14.5. The van der Waals surface area contributed by atoms with Crippen molar-refractivity contribution in [1.82, 2.24) is 10.4 Å². The van der Waals surface area contributed by atoms with Gasteiger partial charge in [0.25, 0.3) is 5.91 Å². The van der Waals surface area contributed by atoms with E-state index in [-0.39, 0.29) is 17.9 Å². The van der Waals surface area contributed by atoms with Crippen LogP contribution in [-0.2, 0) is 10.2 Å². The molecule has 2 heterocycles. The van der Waals surface area contributed by atoms with E-state index in [9.17, 15) is 4.79 Å². The Morgan fingerprint density at radius 3 is 2.84 bits per heavy atom. The fourth-order valence-corrected chi connectivity index (χ4v) is 2.35. The highest BCUT2D eigenvalue weighted by Crippen LogP contribution is 2.36. The Labute approximate surface area is 146 Å². The molecule has 0 aliphatic carbocycles. The van der Waals surface area contributed by atoms with Gasteiger partial charge >= 0.3 is 0 Å². The second kappa shape index (κ2) is 6.93. The summed E-state index contributed by atoms with van der Waals surface area (Å²) in [7, 11) is 0. The molecule has 1 amide bonds. The molecule has 1 aliphatic rings. The van der Waals surface area contributed by atoms with E-state index in [1.807, 2.05) is 30.3 Å². The van der Waals surface area contributed by atoms with Crippen LogP contribution in [0.1, 0.15) is 32.0 Å². The summed E-state index contributed by atoms with van der Waals surface area (Å²) >= 11 is 0. The Balaban J connectivity index is 1.65. The van der Waals surface area contributed by atoms with Gasteiger partial charge in [-0.3, -0.25) is 9.78 Å². The number of carbonyl (C=O) groups excluding carboxylic acids is 1. The van der Waals surface area contributed by atoms with Crippen molar-refractivity contribution in [3.05, 3.63) is 53.9 Å². The van der Waals surface area contributed by atoms with Gasteiger partial charge in [0.1, 0.15) is 6.61 Å². The van der Waals surface area contributed by atoms with E-state index < -0.39 is 6.10 Å². The molecule has 0 saturated carbocycles. The molecule has 25 heavy (non-hydrogen) atoms. The molecule has 1 aromatic carbocycles. The topological polar surface area (TPSA) is 72.8 Å². The quantitative estimate of drug-likeness (QED) is 0.689. The normalized spacial score (nSPS) is 16.7. The average Bonchev–Trinajstić information content (AvgIpc) is 2.61. The number of hydrogen-bond acceptors (Lipinski definition) is 5. The third-order valence-electron chi connectivity index (χ3n) is 3.82. The van der Waals surface area contributed by atoms with Crippen LogP contribution in [0.2, 0.25) is 0 Å². The molecule has 130 valence electrons. The average molecular weight is 339 g/mol. The molecule has 0 saturated heterocycles. The van der Waals surface area contributed by atoms with E-state index in [2.05, 4.69) is 36.3 Å². The van der Waals surface area contributed by atoms with Crippen molar-refractivity contribution in [3.8, 4) is 11.5 Å². The summed E-state index contributed by atoms with van der Waals surface area (Å²) in [5.74, 6) is 0.862. The summed E-state index contributed by atoms with van der Waals surface area (Å²) in [4.78, 5) is 16.3. The summed E-state index contributed by atoms with van der Waals surface area (Å²) in [5, 5.41) is 3.91. The Hall–Kier alpha value is -2.89. The van der Waals surface area contributed by atoms with E-state index in [0.29, 0.717) is 17.2 Å². The minimum absolute atomic E-state index is 0.0133. The third kappa shape index (κ3) is 4.15. The number of nitrogens with one attached hydrogen (secondary N) is 1. The molecule has 0 unspecified atom stereocenters. The van der Waals surface area contributed by atoms with E-state index in [4.69, 9.17) is 9.47 Å². The maximum absolute atomic E-state index is 12.2. The number of nitrogens with zero attached hydrogens (tertiary/aromatic N) is 2. The number of fused-ring (bicyclic) bond motifs is 1. The van der Waals surface area contributed by atoms with Gasteiger partial charge in [0.2, 0.25) is 6.10 Å². The van der Waals surface area contributed by atoms with Gasteiger partial charge in [-0.25, -0.2) is 5.43 Å². The summed E-state index contributed by atoms with van der Waals surface area (Å²) in [5.41, 5.74) is 4.22. The molecule has 0 spiro atoms. The first kappa shape index (κ1) is 17.0. The Kier molecular flexibility index (Phi) is 4.70. The van der Waals surface area contributed by atoms with Crippen LogP contribution in [-0.4, -0.2) is 29.8 Å². The minimum Gasteiger partial charge on any atom is -0.485 e. The predicted molar refractivity (Wildman–Crippen MR) is 95.0 cm³/mol. The molecule has 2 aromatic rings. The number of aromatic nitrogens is 1. The second-order valence-corrected chi connectivity index (χ2v) is 6.82. The predicted octanol–water partition coefficient (Wildman–Crippen LogP) is 2.67. The highest BCUT2D eigenvalue weighted by molar-refractivity contribution is 5.84. The first-order chi connectivity index (χ1) is 11.9. The van der Waals surface area contributed by atoms with Gasteiger partial charge in [-0.2, -0.15) is 5.10 Å². The largest absolute Gasteiger partial charge is 0.485 e. The number of benzene rings is 1. The van der Waals surface area contributed by atoms with Crippen LogP contribution in [0, 0.1) is 0 Å². The summed E-state index contributed by atoms with van der Waals surface area (Å²) < 4.78 is 11.4. The maximum Gasteiger partial charge on any atom is 0.284 e. The van der Waals surface area contributed by atoms with Crippen molar-refractivity contribution in [2.24, 2.45) is 5.10 Å². The summed E-state index contributed by atoms with van der Waals surface area (Å²) in [6.07, 6.45) is 2.39. The molecular formula is C19H21N3O3. The van der Waals surface area contributed by atoms with Crippen LogP contribution < -0.4 is 14.9 Å². The van der Waals surface area contributed by atoms with Gasteiger partial charge in [0.15, 0.2) is 11.5 Å². The molecule has 3 rings (SSSR count). The minimum atomic E-state index is -0.747. The number of pyridine rings is 1. The molecule has 6 nitrogen and oxygen atoms in total. The number of ether oxygens (including phenoxy) is 2. The Bertz CT molecular complexity index is 782. The zero-order valence-corrected chi connectivity index (χ0v) is 14.5. The molecule has 0 radical (unpaired) electrons. The number of hydrogen-bond donors (Lipinski definition) is 1. The molecule has 0 bridgehead atoms. The van der Waals surface area contributed by atoms with E-state index in [0.717, 1.165) is 5.56 Å². The number of carbonyl (C=O) groups is 1. The van der Waals surface area contributed by atoms with Crippen LogP contribution in [0.3, 0.4) is 0 Å². The molecule has 1 atom stereocenters. The zero-order chi connectivity index (χ0) is 17.9.